The summed E-state index contributed by atoms with van der Waals surface area (Å²) in [6.07, 6.45) is 2.80. The lowest BCUT2D eigenvalue weighted by molar-refractivity contribution is 0.185. The Morgan fingerprint density at radius 1 is 1.29 bits per heavy atom. The first-order valence-electron chi connectivity index (χ1n) is 5.20. The van der Waals surface area contributed by atoms with Crippen molar-refractivity contribution in [3.8, 4) is 0 Å². The van der Waals surface area contributed by atoms with Crippen molar-refractivity contribution in [2.45, 2.75) is 19.4 Å². The summed E-state index contributed by atoms with van der Waals surface area (Å²) >= 11 is 0. The number of hydrogen-bond acceptors (Lipinski definition) is 2. The lowest BCUT2D eigenvalue weighted by atomic mass is 10.2. The van der Waals surface area contributed by atoms with Gasteiger partial charge in [0, 0.05) is 19.3 Å². The van der Waals surface area contributed by atoms with Crippen LogP contribution in [-0.2, 0) is 11.3 Å². The molecule has 0 atom stereocenters. The molecule has 14 heavy (non-hydrogen) atoms. The fourth-order valence-electron chi connectivity index (χ4n) is 1.47. The summed E-state index contributed by atoms with van der Waals surface area (Å²) in [7, 11) is 1.72. The Bertz CT molecular complexity index is 277. The van der Waals surface area contributed by atoms with Gasteiger partial charge in [0.25, 0.3) is 0 Å². The van der Waals surface area contributed by atoms with Gasteiger partial charge in [-0.15, -0.1) is 0 Å². The average molecular weight is 191 g/mol. The van der Waals surface area contributed by atoms with Gasteiger partial charge in [-0.1, -0.05) is 12.1 Å². The summed E-state index contributed by atoms with van der Waals surface area (Å²) in [5.74, 6) is 0.925. The Hall–Kier alpha value is -1.02. The molecule has 0 aliphatic heterocycles. The predicted octanol–water partition coefficient (Wildman–Crippen LogP) is 2.65. The molecule has 0 saturated heterocycles. The molecule has 0 bridgehead atoms. The topological polar surface area (TPSA) is 21.3 Å². The van der Waals surface area contributed by atoms with Gasteiger partial charge in [-0.05, 0) is 36.5 Å². The third-order valence-electron chi connectivity index (χ3n) is 2.56. The molecule has 76 valence electrons. The Balaban J connectivity index is 1.84. The van der Waals surface area contributed by atoms with Crippen molar-refractivity contribution in [3.63, 3.8) is 0 Å². The van der Waals surface area contributed by atoms with E-state index in [-0.39, 0.29) is 0 Å². The molecule has 2 heteroatoms. The highest BCUT2D eigenvalue weighted by Crippen LogP contribution is 2.28. The van der Waals surface area contributed by atoms with Crippen molar-refractivity contribution in [3.05, 3.63) is 29.8 Å². The molecular formula is C12H17NO. The smallest absolute Gasteiger partial charge is 0.0713 e. The fourth-order valence-corrected chi connectivity index (χ4v) is 1.47. The minimum atomic E-state index is 0.697. The summed E-state index contributed by atoms with van der Waals surface area (Å²) in [5, 5.41) is 3.44. The number of hydrogen-bond donors (Lipinski definition) is 1. The first-order chi connectivity index (χ1) is 6.88. The second kappa shape index (κ2) is 4.47. The normalized spacial score (nSPS) is 15.5. The van der Waals surface area contributed by atoms with E-state index in [4.69, 9.17) is 4.74 Å². The van der Waals surface area contributed by atoms with Crippen molar-refractivity contribution in [2.75, 3.05) is 19.0 Å². The van der Waals surface area contributed by atoms with Gasteiger partial charge in [-0.2, -0.15) is 0 Å². The largest absolute Gasteiger partial charge is 0.385 e. The van der Waals surface area contributed by atoms with E-state index >= 15 is 0 Å². The maximum atomic E-state index is 5.06. The van der Waals surface area contributed by atoms with Gasteiger partial charge in [0.2, 0.25) is 0 Å². The van der Waals surface area contributed by atoms with Crippen LogP contribution in [0.3, 0.4) is 0 Å². The van der Waals surface area contributed by atoms with Gasteiger partial charge < -0.3 is 10.1 Å². The molecule has 1 aliphatic rings. The highest BCUT2D eigenvalue weighted by atomic mass is 16.5. The zero-order chi connectivity index (χ0) is 9.80. The minimum Gasteiger partial charge on any atom is -0.385 e. The van der Waals surface area contributed by atoms with Gasteiger partial charge in [0.15, 0.2) is 0 Å². The minimum absolute atomic E-state index is 0.697. The molecule has 1 aromatic carbocycles. The zero-order valence-corrected chi connectivity index (χ0v) is 8.62. The standard InChI is InChI=1S/C12H17NO/c1-14-9-11-4-6-12(7-5-11)13-8-10-2-3-10/h4-7,10,13H,2-3,8-9H2,1H3. The van der Waals surface area contributed by atoms with E-state index in [1.807, 2.05) is 0 Å². The summed E-state index contributed by atoms with van der Waals surface area (Å²) < 4.78 is 5.06. The summed E-state index contributed by atoms with van der Waals surface area (Å²) in [6.45, 7) is 1.83. The molecule has 0 spiro atoms. The quantitative estimate of drug-likeness (QED) is 0.772. The summed E-state index contributed by atoms with van der Waals surface area (Å²) in [5.41, 5.74) is 2.45. The molecule has 1 N–H and O–H groups in total. The molecular weight excluding hydrogens is 174 g/mol. The van der Waals surface area contributed by atoms with E-state index in [9.17, 15) is 0 Å². The number of rotatable bonds is 5. The second-order valence-corrected chi connectivity index (χ2v) is 3.95. The summed E-state index contributed by atoms with van der Waals surface area (Å²) in [6, 6.07) is 8.46. The molecule has 1 saturated carbocycles. The zero-order valence-electron chi connectivity index (χ0n) is 8.62. The maximum absolute atomic E-state index is 5.06. The van der Waals surface area contributed by atoms with Crippen molar-refractivity contribution >= 4 is 5.69 Å². The molecule has 2 nitrogen and oxygen atoms in total. The third kappa shape index (κ3) is 2.74. The number of anilines is 1. The highest BCUT2D eigenvalue weighted by Gasteiger charge is 2.20. The van der Waals surface area contributed by atoms with Crippen LogP contribution in [0.15, 0.2) is 24.3 Å². The molecule has 0 radical (unpaired) electrons. The van der Waals surface area contributed by atoms with Gasteiger partial charge in [0.05, 0.1) is 6.61 Å². The fraction of sp³-hybridized carbons (Fsp3) is 0.500. The summed E-state index contributed by atoms with van der Waals surface area (Å²) in [4.78, 5) is 0. The van der Waals surface area contributed by atoms with Gasteiger partial charge >= 0.3 is 0 Å². The first kappa shape index (κ1) is 9.53. The van der Waals surface area contributed by atoms with Crippen LogP contribution in [-0.4, -0.2) is 13.7 Å². The Morgan fingerprint density at radius 2 is 2.00 bits per heavy atom. The number of nitrogens with one attached hydrogen (secondary N) is 1. The molecule has 0 unspecified atom stereocenters. The van der Waals surface area contributed by atoms with E-state index in [0.29, 0.717) is 6.61 Å². The van der Waals surface area contributed by atoms with Crippen LogP contribution in [0.5, 0.6) is 0 Å². The molecule has 0 amide bonds. The number of methoxy groups -OCH3 is 1. The van der Waals surface area contributed by atoms with E-state index < -0.39 is 0 Å². The van der Waals surface area contributed by atoms with E-state index in [1.165, 1.54) is 24.1 Å². The molecule has 0 heterocycles. The van der Waals surface area contributed by atoms with Crippen LogP contribution < -0.4 is 5.32 Å². The van der Waals surface area contributed by atoms with Crippen LogP contribution >= 0.6 is 0 Å². The van der Waals surface area contributed by atoms with Crippen LogP contribution in [0.25, 0.3) is 0 Å². The molecule has 2 rings (SSSR count). The monoisotopic (exact) mass is 191 g/mol. The van der Waals surface area contributed by atoms with E-state index in [2.05, 4.69) is 29.6 Å². The van der Waals surface area contributed by atoms with Gasteiger partial charge in [-0.25, -0.2) is 0 Å². The molecule has 0 aromatic heterocycles. The van der Waals surface area contributed by atoms with Crippen LogP contribution in [0, 0.1) is 5.92 Å². The predicted molar refractivity (Wildman–Crippen MR) is 58.4 cm³/mol. The van der Waals surface area contributed by atoms with Crippen molar-refractivity contribution < 1.29 is 4.74 Å². The third-order valence-corrected chi connectivity index (χ3v) is 2.56. The van der Waals surface area contributed by atoms with Gasteiger partial charge in [0.1, 0.15) is 0 Å². The second-order valence-electron chi connectivity index (χ2n) is 3.95. The highest BCUT2D eigenvalue weighted by molar-refractivity contribution is 5.44. The van der Waals surface area contributed by atoms with Crippen LogP contribution in [0.1, 0.15) is 18.4 Å². The number of ether oxygens (including phenoxy) is 1. The molecule has 1 aromatic rings. The molecule has 1 fully saturated rings. The van der Waals surface area contributed by atoms with Gasteiger partial charge in [-0.3, -0.25) is 0 Å². The van der Waals surface area contributed by atoms with Crippen molar-refractivity contribution in [1.82, 2.24) is 0 Å². The van der Waals surface area contributed by atoms with Crippen LogP contribution in [0.2, 0.25) is 0 Å². The van der Waals surface area contributed by atoms with Crippen molar-refractivity contribution in [1.29, 1.82) is 0 Å². The number of benzene rings is 1. The Kier molecular flexibility index (Phi) is 3.04. The Morgan fingerprint density at radius 3 is 2.57 bits per heavy atom. The van der Waals surface area contributed by atoms with E-state index in [0.717, 1.165) is 12.5 Å². The average Bonchev–Trinajstić information content (AvgIpc) is 3.01. The SMILES string of the molecule is COCc1ccc(NCC2CC2)cc1. The lowest BCUT2D eigenvalue weighted by Crippen LogP contribution is -2.02. The van der Waals surface area contributed by atoms with Crippen LogP contribution in [0.4, 0.5) is 5.69 Å². The maximum Gasteiger partial charge on any atom is 0.0713 e. The van der Waals surface area contributed by atoms with Crippen molar-refractivity contribution in [2.24, 2.45) is 5.92 Å². The van der Waals surface area contributed by atoms with E-state index in [1.54, 1.807) is 7.11 Å². The first-order valence-corrected chi connectivity index (χ1v) is 5.20. The Labute approximate surface area is 85.3 Å². The molecule has 1 aliphatic carbocycles. The lowest BCUT2D eigenvalue weighted by Gasteiger charge is -2.06.